The number of rotatable bonds is 4. The van der Waals surface area contributed by atoms with Crippen LogP contribution in [0.15, 0.2) is 47.4 Å². The Morgan fingerprint density at radius 1 is 1.12 bits per heavy atom. The van der Waals surface area contributed by atoms with Crippen molar-refractivity contribution < 1.29 is 17.6 Å². The Hall–Kier alpha value is -2.41. The van der Waals surface area contributed by atoms with Crippen LogP contribution in [0.25, 0.3) is 0 Å². The molecule has 2 aromatic carbocycles. The van der Waals surface area contributed by atoms with Gasteiger partial charge in [-0.1, -0.05) is 0 Å². The number of benzene rings is 2. The second kappa shape index (κ2) is 6.39. The molecule has 1 aliphatic carbocycles. The first kappa shape index (κ1) is 17.0. The average Bonchev–Trinajstić information content (AvgIpc) is 3.46. The fourth-order valence-corrected chi connectivity index (χ4v) is 4.75. The maximum atomic E-state index is 13.1. The number of amides is 1. The van der Waals surface area contributed by atoms with Crippen LogP contribution in [0.1, 0.15) is 24.8 Å². The molecular formula is C19H19FN2O3S. The molecule has 0 bridgehead atoms. The molecule has 1 saturated carbocycles. The number of halogens is 1. The van der Waals surface area contributed by atoms with Gasteiger partial charge in [0.05, 0.1) is 10.6 Å². The Kier molecular flexibility index (Phi) is 4.19. The van der Waals surface area contributed by atoms with Crippen LogP contribution in [0.5, 0.6) is 0 Å². The summed E-state index contributed by atoms with van der Waals surface area (Å²) in [6.07, 6.45) is 3.30. The molecule has 26 heavy (non-hydrogen) atoms. The highest BCUT2D eigenvalue weighted by Gasteiger charge is 2.31. The molecule has 4 rings (SSSR count). The summed E-state index contributed by atoms with van der Waals surface area (Å²) in [5, 5.41) is 2.90. The van der Waals surface area contributed by atoms with E-state index in [1.807, 2.05) is 6.07 Å². The molecule has 7 heteroatoms. The lowest BCUT2D eigenvalue weighted by Crippen LogP contribution is -2.35. The molecule has 136 valence electrons. The second-order valence-electron chi connectivity index (χ2n) is 6.74. The van der Waals surface area contributed by atoms with Gasteiger partial charge in [0.25, 0.3) is 10.0 Å². The monoisotopic (exact) mass is 374 g/mol. The van der Waals surface area contributed by atoms with Crippen LogP contribution in [0.4, 0.5) is 15.8 Å². The average molecular weight is 374 g/mol. The molecule has 0 atom stereocenters. The van der Waals surface area contributed by atoms with Crippen molar-refractivity contribution in [3.8, 4) is 0 Å². The number of sulfonamides is 1. The topological polar surface area (TPSA) is 66.5 Å². The van der Waals surface area contributed by atoms with Gasteiger partial charge in [-0.15, -0.1) is 0 Å². The Bertz CT molecular complexity index is 953. The lowest BCUT2D eigenvalue weighted by molar-refractivity contribution is -0.117. The predicted octanol–water partition coefficient (Wildman–Crippen LogP) is 3.32. The van der Waals surface area contributed by atoms with Crippen LogP contribution in [-0.4, -0.2) is 20.9 Å². The van der Waals surface area contributed by atoms with E-state index in [-0.39, 0.29) is 16.7 Å². The van der Waals surface area contributed by atoms with E-state index in [0.29, 0.717) is 24.3 Å². The number of hydrogen-bond acceptors (Lipinski definition) is 3. The number of nitrogens with zero attached hydrogens (tertiary/aromatic N) is 1. The molecule has 0 spiro atoms. The molecule has 0 unspecified atom stereocenters. The Morgan fingerprint density at radius 2 is 1.85 bits per heavy atom. The van der Waals surface area contributed by atoms with Crippen LogP contribution >= 0.6 is 0 Å². The van der Waals surface area contributed by atoms with Crippen molar-refractivity contribution in [3.63, 3.8) is 0 Å². The van der Waals surface area contributed by atoms with Gasteiger partial charge in [-0.25, -0.2) is 12.8 Å². The normalized spacial score (nSPS) is 16.9. The number of anilines is 2. The van der Waals surface area contributed by atoms with Gasteiger partial charge in [0.2, 0.25) is 5.91 Å². The number of hydrogen-bond donors (Lipinski definition) is 1. The number of aryl methyl sites for hydroxylation is 1. The van der Waals surface area contributed by atoms with E-state index in [9.17, 15) is 17.6 Å². The SMILES string of the molecule is O=C(Nc1ccc2c(c1)CCCN2S(=O)(=O)c1ccc(F)cc1)C1CC1. The van der Waals surface area contributed by atoms with Crippen LogP contribution in [0.2, 0.25) is 0 Å². The van der Waals surface area contributed by atoms with Gasteiger partial charge in [-0.2, -0.15) is 0 Å². The summed E-state index contributed by atoms with van der Waals surface area (Å²) in [5.74, 6) is -0.336. The first-order valence-corrected chi connectivity index (χ1v) is 10.1. The lowest BCUT2D eigenvalue weighted by atomic mass is 10.0. The fraction of sp³-hybridized carbons (Fsp3) is 0.316. The highest BCUT2D eigenvalue weighted by atomic mass is 32.2. The minimum absolute atomic E-state index is 0.0246. The van der Waals surface area contributed by atoms with E-state index in [1.165, 1.54) is 16.4 Å². The number of nitrogens with one attached hydrogen (secondary N) is 1. The molecule has 0 saturated heterocycles. The molecule has 0 aromatic heterocycles. The third-order valence-electron chi connectivity index (χ3n) is 4.77. The second-order valence-corrected chi connectivity index (χ2v) is 8.60. The minimum Gasteiger partial charge on any atom is -0.326 e. The van der Waals surface area contributed by atoms with E-state index < -0.39 is 15.8 Å². The van der Waals surface area contributed by atoms with E-state index >= 15 is 0 Å². The number of fused-ring (bicyclic) bond motifs is 1. The molecular weight excluding hydrogens is 355 g/mol. The molecule has 1 fully saturated rings. The molecule has 2 aromatic rings. The first-order chi connectivity index (χ1) is 12.4. The van der Waals surface area contributed by atoms with Crippen molar-refractivity contribution in [1.29, 1.82) is 0 Å². The predicted molar refractivity (Wildman–Crippen MR) is 97.0 cm³/mol. The van der Waals surface area contributed by atoms with Gasteiger partial charge >= 0.3 is 0 Å². The minimum atomic E-state index is -3.75. The Morgan fingerprint density at radius 3 is 2.54 bits per heavy atom. The van der Waals surface area contributed by atoms with E-state index in [1.54, 1.807) is 12.1 Å². The van der Waals surface area contributed by atoms with Crippen molar-refractivity contribution in [2.24, 2.45) is 5.92 Å². The Balaban J connectivity index is 1.64. The fourth-order valence-electron chi connectivity index (χ4n) is 3.21. The van der Waals surface area contributed by atoms with E-state index in [4.69, 9.17) is 0 Å². The standard InChI is InChI=1S/C19H19FN2O3S/c20-15-5-8-17(9-6-15)26(24,25)22-11-1-2-14-12-16(7-10-18(14)22)21-19(23)13-3-4-13/h5-10,12-13H,1-4,11H2,(H,21,23). The molecule has 2 aliphatic rings. The van der Waals surface area contributed by atoms with Gasteiger partial charge in [0.15, 0.2) is 0 Å². The first-order valence-electron chi connectivity index (χ1n) is 8.67. The van der Waals surface area contributed by atoms with Crippen LogP contribution in [0.3, 0.4) is 0 Å². The van der Waals surface area contributed by atoms with Gasteiger partial charge in [0, 0.05) is 18.2 Å². The Labute approximate surface area is 151 Å². The van der Waals surface area contributed by atoms with Gasteiger partial charge in [-0.3, -0.25) is 9.10 Å². The molecule has 1 heterocycles. The van der Waals surface area contributed by atoms with Gasteiger partial charge in [0.1, 0.15) is 5.82 Å². The maximum absolute atomic E-state index is 13.1. The molecule has 0 radical (unpaired) electrons. The van der Waals surface area contributed by atoms with Crippen molar-refractivity contribution >= 4 is 27.3 Å². The van der Waals surface area contributed by atoms with E-state index in [2.05, 4.69) is 5.32 Å². The summed E-state index contributed by atoms with van der Waals surface area (Å²) < 4.78 is 40.4. The summed E-state index contributed by atoms with van der Waals surface area (Å²) in [4.78, 5) is 12.0. The zero-order chi connectivity index (χ0) is 18.3. The largest absolute Gasteiger partial charge is 0.326 e. The maximum Gasteiger partial charge on any atom is 0.264 e. The third-order valence-corrected chi connectivity index (χ3v) is 6.60. The van der Waals surface area contributed by atoms with Crippen LogP contribution in [0, 0.1) is 11.7 Å². The highest BCUT2D eigenvalue weighted by molar-refractivity contribution is 7.92. The van der Waals surface area contributed by atoms with Crippen molar-refractivity contribution in [3.05, 3.63) is 53.8 Å². The summed E-state index contributed by atoms with van der Waals surface area (Å²) in [6.45, 7) is 0.375. The van der Waals surface area contributed by atoms with Crippen molar-refractivity contribution in [1.82, 2.24) is 0 Å². The summed E-state index contributed by atoms with van der Waals surface area (Å²) >= 11 is 0. The summed E-state index contributed by atoms with van der Waals surface area (Å²) in [7, 11) is -3.75. The zero-order valence-corrected chi connectivity index (χ0v) is 14.9. The highest BCUT2D eigenvalue weighted by Crippen LogP contribution is 2.35. The lowest BCUT2D eigenvalue weighted by Gasteiger charge is -2.31. The quantitative estimate of drug-likeness (QED) is 0.893. The van der Waals surface area contributed by atoms with Crippen LogP contribution in [-0.2, 0) is 21.2 Å². The summed E-state index contributed by atoms with van der Waals surface area (Å²) in [6, 6.07) is 10.2. The molecule has 5 nitrogen and oxygen atoms in total. The number of carbonyl (C=O) groups is 1. The van der Waals surface area contributed by atoms with Crippen LogP contribution < -0.4 is 9.62 Å². The number of carbonyl (C=O) groups excluding carboxylic acids is 1. The van der Waals surface area contributed by atoms with E-state index in [0.717, 1.165) is 37.0 Å². The molecule has 1 amide bonds. The van der Waals surface area contributed by atoms with Gasteiger partial charge in [-0.05, 0) is 73.7 Å². The van der Waals surface area contributed by atoms with Gasteiger partial charge < -0.3 is 5.32 Å². The third kappa shape index (κ3) is 3.19. The summed E-state index contributed by atoms with van der Waals surface area (Å²) in [5.41, 5.74) is 2.20. The van der Waals surface area contributed by atoms with Crippen molar-refractivity contribution in [2.45, 2.75) is 30.6 Å². The molecule has 1 N–H and O–H groups in total. The smallest absolute Gasteiger partial charge is 0.264 e. The zero-order valence-electron chi connectivity index (χ0n) is 14.1. The van der Waals surface area contributed by atoms with Crippen molar-refractivity contribution in [2.75, 3.05) is 16.2 Å². The molecule has 1 aliphatic heterocycles.